The predicted molar refractivity (Wildman–Crippen MR) is 74.7 cm³/mol. The molecular weight excluding hydrogens is 268 g/mol. The van der Waals surface area contributed by atoms with E-state index in [1.54, 1.807) is 25.1 Å². The SMILES string of the molecule is CCC(C)(NC(=O)Nc1cc(Cl)ccc1C)C(=O)O. The molecule has 0 fully saturated rings. The standard InChI is InChI=1S/C13H17ClN2O3/c1-4-13(3,11(17)18)16-12(19)15-10-7-9(14)6-5-8(10)2/h5-7H,4H2,1-3H3,(H,17,18)(H2,15,16,19). The summed E-state index contributed by atoms with van der Waals surface area (Å²) in [6, 6.07) is 4.53. The van der Waals surface area contributed by atoms with Crippen molar-refractivity contribution in [3.8, 4) is 0 Å². The van der Waals surface area contributed by atoms with Crippen LogP contribution in [-0.2, 0) is 4.79 Å². The Morgan fingerprint density at radius 3 is 2.58 bits per heavy atom. The molecule has 0 saturated heterocycles. The highest BCUT2D eigenvalue weighted by Gasteiger charge is 2.32. The number of rotatable bonds is 4. The van der Waals surface area contributed by atoms with Crippen LogP contribution in [0.15, 0.2) is 18.2 Å². The number of hydrogen-bond donors (Lipinski definition) is 3. The van der Waals surface area contributed by atoms with Crippen LogP contribution in [0.2, 0.25) is 5.02 Å². The van der Waals surface area contributed by atoms with E-state index >= 15 is 0 Å². The average molecular weight is 285 g/mol. The van der Waals surface area contributed by atoms with Gasteiger partial charge < -0.3 is 15.7 Å². The minimum absolute atomic E-state index is 0.282. The first kappa shape index (κ1) is 15.3. The van der Waals surface area contributed by atoms with Crippen LogP contribution in [0, 0.1) is 6.92 Å². The summed E-state index contributed by atoms with van der Waals surface area (Å²) < 4.78 is 0. The van der Waals surface area contributed by atoms with E-state index < -0.39 is 17.5 Å². The highest BCUT2D eigenvalue weighted by atomic mass is 35.5. The summed E-state index contributed by atoms with van der Waals surface area (Å²) >= 11 is 5.85. The quantitative estimate of drug-likeness (QED) is 0.795. The monoisotopic (exact) mass is 284 g/mol. The van der Waals surface area contributed by atoms with Crippen molar-refractivity contribution in [3.63, 3.8) is 0 Å². The molecule has 3 N–H and O–H groups in total. The van der Waals surface area contributed by atoms with Gasteiger partial charge in [0.05, 0.1) is 0 Å². The van der Waals surface area contributed by atoms with Gasteiger partial charge >= 0.3 is 12.0 Å². The fourth-order valence-corrected chi connectivity index (χ4v) is 1.60. The van der Waals surface area contributed by atoms with E-state index in [1.807, 2.05) is 6.92 Å². The number of hydrogen-bond acceptors (Lipinski definition) is 2. The third-order valence-corrected chi connectivity index (χ3v) is 3.25. The average Bonchev–Trinajstić information content (AvgIpc) is 2.33. The van der Waals surface area contributed by atoms with Crippen molar-refractivity contribution >= 4 is 29.3 Å². The summed E-state index contributed by atoms with van der Waals surface area (Å²) in [6.45, 7) is 4.97. The number of anilines is 1. The molecule has 0 radical (unpaired) electrons. The van der Waals surface area contributed by atoms with Gasteiger partial charge in [0.25, 0.3) is 0 Å². The largest absolute Gasteiger partial charge is 0.480 e. The number of urea groups is 1. The number of carboxylic acid groups (broad SMARTS) is 1. The van der Waals surface area contributed by atoms with E-state index in [4.69, 9.17) is 16.7 Å². The lowest BCUT2D eigenvalue weighted by atomic mass is 10.00. The van der Waals surface area contributed by atoms with E-state index in [2.05, 4.69) is 10.6 Å². The molecule has 0 aromatic heterocycles. The van der Waals surface area contributed by atoms with Crippen LogP contribution in [-0.4, -0.2) is 22.6 Å². The lowest BCUT2D eigenvalue weighted by Gasteiger charge is -2.24. The molecular formula is C13H17ClN2O3. The van der Waals surface area contributed by atoms with Crippen LogP contribution in [0.1, 0.15) is 25.8 Å². The van der Waals surface area contributed by atoms with Gasteiger partial charge in [0.1, 0.15) is 5.54 Å². The van der Waals surface area contributed by atoms with Gasteiger partial charge in [0.15, 0.2) is 0 Å². The van der Waals surface area contributed by atoms with Crippen molar-refractivity contribution in [3.05, 3.63) is 28.8 Å². The Hall–Kier alpha value is -1.75. The number of carboxylic acids is 1. The van der Waals surface area contributed by atoms with Gasteiger partial charge in [-0.3, -0.25) is 0 Å². The number of carbonyl (C=O) groups excluding carboxylic acids is 1. The van der Waals surface area contributed by atoms with Crippen molar-refractivity contribution < 1.29 is 14.7 Å². The van der Waals surface area contributed by atoms with Crippen LogP contribution < -0.4 is 10.6 Å². The van der Waals surface area contributed by atoms with Gasteiger partial charge in [0, 0.05) is 10.7 Å². The first-order valence-electron chi connectivity index (χ1n) is 5.87. The van der Waals surface area contributed by atoms with Crippen molar-refractivity contribution in [2.24, 2.45) is 0 Å². The molecule has 2 amide bonds. The molecule has 0 heterocycles. The number of aryl methyl sites for hydroxylation is 1. The van der Waals surface area contributed by atoms with E-state index in [9.17, 15) is 9.59 Å². The number of carbonyl (C=O) groups is 2. The number of nitrogens with one attached hydrogen (secondary N) is 2. The zero-order valence-corrected chi connectivity index (χ0v) is 11.8. The van der Waals surface area contributed by atoms with Crippen LogP contribution in [0.25, 0.3) is 0 Å². The van der Waals surface area contributed by atoms with Gasteiger partial charge in [-0.1, -0.05) is 24.6 Å². The molecule has 1 unspecified atom stereocenters. The lowest BCUT2D eigenvalue weighted by Crippen LogP contribution is -2.53. The molecule has 0 spiro atoms. The first-order chi connectivity index (χ1) is 8.78. The summed E-state index contributed by atoms with van der Waals surface area (Å²) in [5, 5.41) is 14.6. The molecule has 1 aromatic rings. The number of halogens is 1. The second-order valence-electron chi connectivity index (χ2n) is 4.53. The van der Waals surface area contributed by atoms with E-state index in [0.717, 1.165) is 5.56 Å². The molecule has 0 aliphatic rings. The topological polar surface area (TPSA) is 78.4 Å². The van der Waals surface area contributed by atoms with Crippen molar-refractivity contribution in [1.82, 2.24) is 5.32 Å². The zero-order valence-electron chi connectivity index (χ0n) is 11.1. The number of benzene rings is 1. The minimum Gasteiger partial charge on any atom is -0.480 e. The molecule has 6 heteroatoms. The van der Waals surface area contributed by atoms with E-state index in [0.29, 0.717) is 10.7 Å². The predicted octanol–water partition coefficient (Wildman–Crippen LogP) is 3.02. The summed E-state index contributed by atoms with van der Waals surface area (Å²) in [7, 11) is 0. The normalized spacial score (nSPS) is 13.5. The maximum Gasteiger partial charge on any atom is 0.329 e. The van der Waals surface area contributed by atoms with Gasteiger partial charge in [0.2, 0.25) is 0 Å². The fourth-order valence-electron chi connectivity index (χ4n) is 1.43. The van der Waals surface area contributed by atoms with Crippen LogP contribution in [0.4, 0.5) is 10.5 Å². The number of amides is 2. The first-order valence-corrected chi connectivity index (χ1v) is 6.25. The Morgan fingerprint density at radius 1 is 1.42 bits per heavy atom. The maximum absolute atomic E-state index is 11.8. The Bertz CT molecular complexity index is 505. The smallest absolute Gasteiger partial charge is 0.329 e. The third-order valence-electron chi connectivity index (χ3n) is 3.02. The highest BCUT2D eigenvalue weighted by molar-refractivity contribution is 6.31. The lowest BCUT2D eigenvalue weighted by molar-refractivity contribution is -0.143. The molecule has 0 saturated carbocycles. The molecule has 1 aromatic carbocycles. The summed E-state index contributed by atoms with van der Waals surface area (Å²) in [5.41, 5.74) is 0.0956. The third kappa shape index (κ3) is 3.86. The fraction of sp³-hybridized carbons (Fsp3) is 0.385. The van der Waals surface area contributed by atoms with Crippen molar-refractivity contribution in [2.45, 2.75) is 32.7 Å². The zero-order chi connectivity index (χ0) is 14.6. The summed E-state index contributed by atoms with van der Waals surface area (Å²) in [6.07, 6.45) is 0.282. The molecule has 1 rings (SSSR count). The molecule has 0 aliphatic heterocycles. The van der Waals surface area contributed by atoms with E-state index in [-0.39, 0.29) is 6.42 Å². The van der Waals surface area contributed by atoms with Gasteiger partial charge in [-0.05, 0) is 38.0 Å². The maximum atomic E-state index is 11.8. The van der Waals surface area contributed by atoms with Crippen LogP contribution in [0.3, 0.4) is 0 Å². The second-order valence-corrected chi connectivity index (χ2v) is 4.97. The Labute approximate surface area is 117 Å². The second kappa shape index (κ2) is 5.93. The molecule has 104 valence electrons. The van der Waals surface area contributed by atoms with Crippen molar-refractivity contribution in [2.75, 3.05) is 5.32 Å². The van der Waals surface area contributed by atoms with Crippen LogP contribution in [0.5, 0.6) is 0 Å². The van der Waals surface area contributed by atoms with Crippen LogP contribution >= 0.6 is 11.6 Å². The molecule has 19 heavy (non-hydrogen) atoms. The van der Waals surface area contributed by atoms with Gasteiger partial charge in [-0.2, -0.15) is 0 Å². The summed E-state index contributed by atoms with van der Waals surface area (Å²) in [4.78, 5) is 22.9. The Kier molecular flexibility index (Phi) is 4.78. The minimum atomic E-state index is -1.30. The van der Waals surface area contributed by atoms with Gasteiger partial charge in [-0.25, -0.2) is 9.59 Å². The molecule has 5 nitrogen and oxygen atoms in total. The Balaban J connectivity index is 2.80. The summed E-state index contributed by atoms with van der Waals surface area (Å²) in [5.74, 6) is -1.08. The highest BCUT2D eigenvalue weighted by Crippen LogP contribution is 2.20. The van der Waals surface area contributed by atoms with Crippen molar-refractivity contribution in [1.29, 1.82) is 0 Å². The van der Waals surface area contributed by atoms with Gasteiger partial charge in [-0.15, -0.1) is 0 Å². The molecule has 0 bridgehead atoms. The molecule has 1 atom stereocenters. The molecule has 0 aliphatic carbocycles. The number of aliphatic carboxylic acids is 1. The van der Waals surface area contributed by atoms with E-state index in [1.165, 1.54) is 6.92 Å². The Morgan fingerprint density at radius 2 is 2.05 bits per heavy atom.